The van der Waals surface area contributed by atoms with Crippen LogP contribution in [0.3, 0.4) is 0 Å². The van der Waals surface area contributed by atoms with Crippen molar-refractivity contribution in [3.8, 4) is 5.75 Å². The Morgan fingerprint density at radius 2 is 1.95 bits per heavy atom. The lowest BCUT2D eigenvalue weighted by atomic mass is 10.0. The number of hydrogen-bond acceptors (Lipinski definition) is 3. The number of aryl methyl sites for hydroxylation is 2. The number of rotatable bonds is 5. The van der Waals surface area contributed by atoms with Crippen LogP contribution >= 0.6 is 0 Å². The number of phenols is 1. The number of hydrogen-bond donors (Lipinski definition) is 2. The second-order valence-electron chi connectivity index (χ2n) is 5.88. The van der Waals surface area contributed by atoms with Gasteiger partial charge in [-0.1, -0.05) is 26.0 Å². The van der Waals surface area contributed by atoms with E-state index in [1.165, 1.54) is 18.4 Å². The van der Waals surface area contributed by atoms with Crippen LogP contribution in [-0.2, 0) is 13.0 Å². The summed E-state index contributed by atoms with van der Waals surface area (Å²) in [7, 11) is 0. The Labute approximate surface area is 123 Å². The molecule has 0 radical (unpaired) electrons. The smallest absolute Gasteiger partial charge is 0.122 e. The first-order valence-electron chi connectivity index (χ1n) is 7.91. The second kappa shape index (κ2) is 7.09. The first-order chi connectivity index (χ1) is 9.63. The lowest BCUT2D eigenvalue weighted by Crippen LogP contribution is -2.42. The third-order valence-electron chi connectivity index (χ3n) is 4.32. The average Bonchev–Trinajstić information content (AvgIpc) is 2.46. The Kier molecular flexibility index (Phi) is 5.44. The SMILES string of the molecule is CCNC1CCN(Cc2cc(CC)cc(C)c2O)CC1. The Morgan fingerprint density at radius 1 is 1.25 bits per heavy atom. The normalized spacial score (nSPS) is 17.6. The van der Waals surface area contributed by atoms with Gasteiger partial charge in [-0.2, -0.15) is 0 Å². The van der Waals surface area contributed by atoms with E-state index in [-0.39, 0.29) is 0 Å². The lowest BCUT2D eigenvalue weighted by molar-refractivity contribution is 0.190. The van der Waals surface area contributed by atoms with Gasteiger partial charge in [-0.05, 0) is 56.9 Å². The highest BCUT2D eigenvalue weighted by Gasteiger charge is 2.19. The van der Waals surface area contributed by atoms with Crippen LogP contribution in [0.4, 0.5) is 0 Å². The van der Waals surface area contributed by atoms with Crippen molar-refractivity contribution in [1.82, 2.24) is 10.2 Å². The molecule has 1 aromatic rings. The van der Waals surface area contributed by atoms with E-state index < -0.39 is 0 Å². The van der Waals surface area contributed by atoms with E-state index in [1.54, 1.807) is 0 Å². The van der Waals surface area contributed by atoms with Crippen LogP contribution in [0, 0.1) is 6.92 Å². The number of nitrogens with one attached hydrogen (secondary N) is 1. The molecule has 0 atom stereocenters. The molecule has 0 bridgehead atoms. The van der Waals surface area contributed by atoms with Crippen molar-refractivity contribution in [3.05, 3.63) is 28.8 Å². The van der Waals surface area contributed by atoms with Crippen molar-refractivity contribution in [2.75, 3.05) is 19.6 Å². The van der Waals surface area contributed by atoms with E-state index in [9.17, 15) is 5.11 Å². The minimum Gasteiger partial charge on any atom is -0.507 e. The molecule has 1 aliphatic rings. The minimum atomic E-state index is 0.482. The summed E-state index contributed by atoms with van der Waals surface area (Å²) in [6, 6.07) is 4.93. The summed E-state index contributed by atoms with van der Waals surface area (Å²) in [6.45, 7) is 10.5. The Hall–Kier alpha value is -1.06. The zero-order valence-corrected chi connectivity index (χ0v) is 13.1. The molecule has 0 unspecified atom stereocenters. The maximum absolute atomic E-state index is 10.2. The molecule has 1 aromatic carbocycles. The number of piperidine rings is 1. The van der Waals surface area contributed by atoms with Gasteiger partial charge in [0.1, 0.15) is 5.75 Å². The highest BCUT2D eigenvalue weighted by atomic mass is 16.3. The van der Waals surface area contributed by atoms with E-state index in [2.05, 4.69) is 36.2 Å². The number of phenolic OH excluding ortho intramolecular Hbond substituents is 1. The van der Waals surface area contributed by atoms with Crippen molar-refractivity contribution in [3.63, 3.8) is 0 Å². The summed E-state index contributed by atoms with van der Waals surface area (Å²) in [5.41, 5.74) is 3.41. The van der Waals surface area contributed by atoms with Crippen molar-refractivity contribution >= 4 is 0 Å². The zero-order chi connectivity index (χ0) is 14.5. The van der Waals surface area contributed by atoms with Gasteiger partial charge in [-0.25, -0.2) is 0 Å². The number of benzene rings is 1. The largest absolute Gasteiger partial charge is 0.507 e. The molecule has 112 valence electrons. The molecule has 3 nitrogen and oxygen atoms in total. The molecule has 20 heavy (non-hydrogen) atoms. The van der Waals surface area contributed by atoms with Gasteiger partial charge in [0.2, 0.25) is 0 Å². The van der Waals surface area contributed by atoms with Crippen LogP contribution < -0.4 is 5.32 Å². The van der Waals surface area contributed by atoms with E-state index >= 15 is 0 Å². The zero-order valence-electron chi connectivity index (χ0n) is 13.1. The van der Waals surface area contributed by atoms with Crippen molar-refractivity contribution < 1.29 is 5.11 Å². The molecule has 0 saturated carbocycles. The van der Waals surface area contributed by atoms with Crippen LogP contribution in [0.2, 0.25) is 0 Å². The fourth-order valence-electron chi connectivity index (χ4n) is 3.08. The maximum Gasteiger partial charge on any atom is 0.122 e. The lowest BCUT2D eigenvalue weighted by Gasteiger charge is -2.32. The topological polar surface area (TPSA) is 35.5 Å². The fourth-order valence-corrected chi connectivity index (χ4v) is 3.08. The third-order valence-corrected chi connectivity index (χ3v) is 4.32. The number of nitrogens with zero attached hydrogens (tertiary/aromatic N) is 1. The predicted molar refractivity (Wildman–Crippen MR) is 84.2 cm³/mol. The van der Waals surface area contributed by atoms with Gasteiger partial charge in [0, 0.05) is 18.2 Å². The van der Waals surface area contributed by atoms with Gasteiger partial charge in [-0.15, -0.1) is 0 Å². The quantitative estimate of drug-likeness (QED) is 0.868. The van der Waals surface area contributed by atoms with Crippen LogP contribution in [0.5, 0.6) is 5.75 Å². The molecule has 0 aliphatic carbocycles. The summed E-state index contributed by atoms with van der Waals surface area (Å²) < 4.78 is 0. The molecule has 2 N–H and O–H groups in total. The number of aromatic hydroxyl groups is 1. The predicted octanol–water partition coefficient (Wildman–Crippen LogP) is 2.84. The van der Waals surface area contributed by atoms with E-state index in [0.717, 1.165) is 43.7 Å². The van der Waals surface area contributed by atoms with Crippen LogP contribution in [0.1, 0.15) is 43.4 Å². The van der Waals surface area contributed by atoms with Gasteiger partial charge < -0.3 is 10.4 Å². The molecule has 1 fully saturated rings. The molecular weight excluding hydrogens is 248 g/mol. The van der Waals surface area contributed by atoms with Gasteiger partial charge >= 0.3 is 0 Å². The Morgan fingerprint density at radius 3 is 2.55 bits per heavy atom. The van der Waals surface area contributed by atoms with Crippen molar-refractivity contribution in [2.45, 2.75) is 52.6 Å². The first kappa shape index (κ1) is 15.3. The van der Waals surface area contributed by atoms with Crippen LogP contribution in [0.25, 0.3) is 0 Å². The molecule has 2 rings (SSSR count). The average molecular weight is 276 g/mol. The standard InChI is InChI=1S/C17H28N2O/c1-4-14-10-13(3)17(20)15(11-14)12-19-8-6-16(7-9-19)18-5-2/h10-11,16,18,20H,4-9,12H2,1-3H3. The number of likely N-dealkylation sites (tertiary alicyclic amines) is 1. The molecule has 1 saturated heterocycles. The molecule has 1 aliphatic heterocycles. The fraction of sp³-hybridized carbons (Fsp3) is 0.647. The van der Waals surface area contributed by atoms with E-state index in [1.807, 2.05) is 6.92 Å². The summed E-state index contributed by atoms with van der Waals surface area (Å²) in [4.78, 5) is 2.46. The molecule has 3 heteroatoms. The maximum atomic E-state index is 10.2. The van der Waals surface area contributed by atoms with Gasteiger partial charge in [0.25, 0.3) is 0 Å². The molecular formula is C17H28N2O. The monoisotopic (exact) mass is 276 g/mol. The van der Waals surface area contributed by atoms with Crippen molar-refractivity contribution in [2.24, 2.45) is 0 Å². The van der Waals surface area contributed by atoms with Crippen LogP contribution in [-0.4, -0.2) is 35.7 Å². The van der Waals surface area contributed by atoms with Gasteiger partial charge in [0.15, 0.2) is 0 Å². The minimum absolute atomic E-state index is 0.482. The highest BCUT2D eigenvalue weighted by molar-refractivity contribution is 5.43. The second-order valence-corrected chi connectivity index (χ2v) is 5.88. The molecule has 0 amide bonds. The van der Waals surface area contributed by atoms with Gasteiger partial charge in [-0.3, -0.25) is 4.90 Å². The Balaban J connectivity index is 1.99. The van der Waals surface area contributed by atoms with E-state index in [0.29, 0.717) is 11.8 Å². The summed E-state index contributed by atoms with van der Waals surface area (Å²) in [5, 5.41) is 13.8. The van der Waals surface area contributed by atoms with Crippen molar-refractivity contribution in [1.29, 1.82) is 0 Å². The van der Waals surface area contributed by atoms with Crippen LogP contribution in [0.15, 0.2) is 12.1 Å². The van der Waals surface area contributed by atoms with E-state index in [4.69, 9.17) is 0 Å². The summed E-state index contributed by atoms with van der Waals surface area (Å²) >= 11 is 0. The summed E-state index contributed by atoms with van der Waals surface area (Å²) in [6.07, 6.45) is 3.44. The molecule has 1 heterocycles. The highest BCUT2D eigenvalue weighted by Crippen LogP contribution is 2.26. The summed E-state index contributed by atoms with van der Waals surface area (Å²) in [5.74, 6) is 0.482. The van der Waals surface area contributed by atoms with Gasteiger partial charge in [0.05, 0.1) is 0 Å². The molecule has 0 aromatic heterocycles. The first-order valence-corrected chi connectivity index (χ1v) is 7.91. The Bertz CT molecular complexity index is 437. The molecule has 0 spiro atoms. The third kappa shape index (κ3) is 3.74.